The Hall–Kier alpha value is -1.84. The van der Waals surface area contributed by atoms with E-state index in [0.717, 1.165) is 17.7 Å². The van der Waals surface area contributed by atoms with Crippen LogP contribution >= 0.6 is 0 Å². The number of nitrogens with one attached hydrogen (secondary N) is 1. The molecule has 1 N–H and O–H groups in total. The lowest BCUT2D eigenvalue weighted by molar-refractivity contribution is -0.136. The van der Waals surface area contributed by atoms with Gasteiger partial charge in [0, 0.05) is 18.2 Å². The summed E-state index contributed by atoms with van der Waals surface area (Å²) < 4.78 is 0. The molecule has 1 aromatic rings. The van der Waals surface area contributed by atoms with Crippen LogP contribution in [0.1, 0.15) is 25.8 Å². The number of para-hydroxylation sites is 1. The van der Waals surface area contributed by atoms with Gasteiger partial charge in [-0.3, -0.25) is 9.59 Å². The van der Waals surface area contributed by atoms with Crippen LogP contribution in [-0.2, 0) is 16.1 Å². The van der Waals surface area contributed by atoms with Gasteiger partial charge in [0.05, 0.1) is 0 Å². The highest BCUT2D eigenvalue weighted by atomic mass is 16.2. The topological polar surface area (TPSA) is 49.4 Å². The van der Waals surface area contributed by atoms with Gasteiger partial charge in [0.1, 0.15) is 6.54 Å². The third kappa shape index (κ3) is 2.23. The average molecular weight is 258 g/mol. The molecule has 0 radical (unpaired) electrons. The largest absolute Gasteiger partial charge is 0.329 e. The van der Waals surface area contributed by atoms with E-state index in [9.17, 15) is 9.59 Å². The smallest absolute Gasteiger partial charge is 0.244 e. The molecule has 1 aliphatic heterocycles. The molecule has 1 unspecified atom stereocenters. The number of rotatable bonds is 1. The summed E-state index contributed by atoms with van der Waals surface area (Å²) in [5.74, 6) is 0.0687. The first-order chi connectivity index (χ1) is 8.97. The fourth-order valence-electron chi connectivity index (χ4n) is 2.67. The molecule has 1 saturated carbocycles. The van der Waals surface area contributed by atoms with Gasteiger partial charge < -0.3 is 10.2 Å². The maximum atomic E-state index is 12.4. The van der Waals surface area contributed by atoms with Gasteiger partial charge in [0.2, 0.25) is 11.8 Å². The van der Waals surface area contributed by atoms with Crippen molar-refractivity contribution in [3.05, 3.63) is 29.8 Å². The van der Waals surface area contributed by atoms with Gasteiger partial charge in [-0.2, -0.15) is 0 Å². The molecule has 100 valence electrons. The lowest BCUT2D eigenvalue weighted by Crippen LogP contribution is -2.37. The summed E-state index contributed by atoms with van der Waals surface area (Å²) in [5, 5.41) is 2.85. The Balaban J connectivity index is 1.84. The van der Waals surface area contributed by atoms with Gasteiger partial charge in [-0.15, -0.1) is 0 Å². The van der Waals surface area contributed by atoms with Crippen molar-refractivity contribution >= 4 is 17.5 Å². The molecular weight excluding hydrogens is 240 g/mol. The van der Waals surface area contributed by atoms with Crippen LogP contribution in [0.2, 0.25) is 0 Å². The summed E-state index contributed by atoms with van der Waals surface area (Å²) >= 11 is 0. The summed E-state index contributed by atoms with van der Waals surface area (Å²) in [6, 6.07) is 7.65. The number of benzene rings is 1. The Morgan fingerprint density at radius 1 is 1.32 bits per heavy atom. The molecule has 1 aromatic carbocycles. The second kappa shape index (κ2) is 4.08. The second-order valence-electron chi connectivity index (χ2n) is 6.14. The Kier molecular flexibility index (Phi) is 2.62. The molecule has 2 aliphatic rings. The number of carbonyl (C=O) groups is 2. The lowest BCUT2D eigenvalue weighted by Gasteiger charge is -2.20. The molecule has 1 atom stereocenters. The van der Waals surface area contributed by atoms with Crippen molar-refractivity contribution in [3.8, 4) is 0 Å². The van der Waals surface area contributed by atoms with Crippen molar-refractivity contribution < 1.29 is 9.59 Å². The minimum absolute atomic E-state index is 0.0746. The second-order valence-corrected chi connectivity index (χ2v) is 6.14. The molecule has 19 heavy (non-hydrogen) atoms. The number of fused-ring (bicyclic) bond motifs is 1. The van der Waals surface area contributed by atoms with Crippen LogP contribution in [0.4, 0.5) is 5.69 Å². The number of hydrogen-bond donors (Lipinski definition) is 1. The van der Waals surface area contributed by atoms with E-state index in [1.54, 1.807) is 4.90 Å². The molecule has 4 heteroatoms. The summed E-state index contributed by atoms with van der Waals surface area (Å²) in [7, 11) is 0. The van der Waals surface area contributed by atoms with Crippen LogP contribution in [0.5, 0.6) is 0 Å². The number of anilines is 1. The third-order valence-electron chi connectivity index (χ3n) is 4.11. The lowest BCUT2D eigenvalue weighted by atomic mass is 10.1. The van der Waals surface area contributed by atoms with E-state index in [2.05, 4.69) is 19.2 Å². The van der Waals surface area contributed by atoms with Crippen molar-refractivity contribution in [1.82, 2.24) is 4.90 Å². The van der Waals surface area contributed by atoms with Crippen molar-refractivity contribution in [2.75, 3.05) is 11.9 Å². The first-order valence-corrected chi connectivity index (χ1v) is 6.64. The SMILES string of the molecule is CC1(C)CC1C(=O)N1CC(=O)Nc2ccccc2C1. The fourth-order valence-corrected chi connectivity index (χ4v) is 2.67. The highest BCUT2D eigenvalue weighted by molar-refractivity contribution is 5.97. The van der Waals surface area contributed by atoms with E-state index in [-0.39, 0.29) is 29.7 Å². The molecule has 1 fully saturated rings. The number of hydrogen-bond acceptors (Lipinski definition) is 2. The van der Waals surface area contributed by atoms with E-state index < -0.39 is 0 Å². The Bertz CT molecular complexity index is 551. The molecule has 2 amide bonds. The van der Waals surface area contributed by atoms with Crippen LogP contribution in [-0.4, -0.2) is 23.3 Å². The monoisotopic (exact) mass is 258 g/mol. The predicted molar refractivity (Wildman–Crippen MR) is 72.4 cm³/mol. The maximum Gasteiger partial charge on any atom is 0.244 e. The van der Waals surface area contributed by atoms with Gasteiger partial charge in [-0.05, 0) is 23.5 Å². The van der Waals surface area contributed by atoms with Gasteiger partial charge in [-0.1, -0.05) is 32.0 Å². The van der Waals surface area contributed by atoms with Gasteiger partial charge in [-0.25, -0.2) is 0 Å². The number of carbonyl (C=O) groups excluding carboxylic acids is 2. The van der Waals surface area contributed by atoms with Crippen molar-refractivity contribution in [3.63, 3.8) is 0 Å². The van der Waals surface area contributed by atoms with E-state index >= 15 is 0 Å². The minimum Gasteiger partial charge on any atom is -0.329 e. The van der Waals surface area contributed by atoms with Gasteiger partial charge in [0.15, 0.2) is 0 Å². The third-order valence-corrected chi connectivity index (χ3v) is 4.11. The molecule has 4 nitrogen and oxygen atoms in total. The molecule has 0 aromatic heterocycles. The van der Waals surface area contributed by atoms with E-state index in [4.69, 9.17) is 0 Å². The summed E-state index contributed by atoms with van der Waals surface area (Å²) in [5.41, 5.74) is 1.91. The predicted octanol–water partition coefficient (Wildman–Crippen LogP) is 2.01. The molecule has 0 saturated heterocycles. The molecular formula is C15H18N2O2. The average Bonchev–Trinajstić information content (AvgIpc) is 3.02. The Labute approximate surface area is 112 Å². The van der Waals surface area contributed by atoms with E-state index in [1.807, 2.05) is 24.3 Å². The first kappa shape index (κ1) is 12.2. The zero-order chi connectivity index (χ0) is 13.6. The van der Waals surface area contributed by atoms with Crippen LogP contribution in [0.3, 0.4) is 0 Å². The maximum absolute atomic E-state index is 12.4. The summed E-state index contributed by atoms with van der Waals surface area (Å²) in [4.78, 5) is 26.0. The Morgan fingerprint density at radius 2 is 2.00 bits per heavy atom. The number of nitrogens with zero attached hydrogens (tertiary/aromatic N) is 1. The Morgan fingerprint density at radius 3 is 2.68 bits per heavy atom. The van der Waals surface area contributed by atoms with Crippen molar-refractivity contribution in [2.45, 2.75) is 26.8 Å². The zero-order valence-electron chi connectivity index (χ0n) is 11.3. The number of amides is 2. The first-order valence-electron chi connectivity index (χ1n) is 6.64. The zero-order valence-corrected chi connectivity index (χ0v) is 11.3. The molecule has 1 aliphatic carbocycles. The highest BCUT2D eigenvalue weighted by Gasteiger charge is 2.52. The molecule has 1 heterocycles. The van der Waals surface area contributed by atoms with Crippen LogP contribution < -0.4 is 5.32 Å². The molecule has 0 spiro atoms. The van der Waals surface area contributed by atoms with Crippen LogP contribution in [0, 0.1) is 11.3 Å². The van der Waals surface area contributed by atoms with E-state index in [0.29, 0.717) is 6.54 Å². The van der Waals surface area contributed by atoms with E-state index in [1.165, 1.54) is 0 Å². The fraction of sp³-hybridized carbons (Fsp3) is 0.467. The van der Waals surface area contributed by atoms with Gasteiger partial charge in [0.25, 0.3) is 0 Å². The normalized spacial score (nSPS) is 24.2. The van der Waals surface area contributed by atoms with Crippen LogP contribution in [0.15, 0.2) is 24.3 Å². The van der Waals surface area contributed by atoms with Gasteiger partial charge >= 0.3 is 0 Å². The summed E-state index contributed by atoms with van der Waals surface area (Å²) in [6.07, 6.45) is 0.922. The summed E-state index contributed by atoms with van der Waals surface area (Å²) in [6.45, 7) is 4.86. The van der Waals surface area contributed by atoms with Crippen LogP contribution in [0.25, 0.3) is 0 Å². The molecule has 3 rings (SSSR count). The quantitative estimate of drug-likeness (QED) is 0.837. The standard InChI is InChI=1S/C15H18N2O2/c1-15(2)7-11(15)14(19)17-8-10-5-3-4-6-12(10)16-13(18)9-17/h3-6,11H,7-9H2,1-2H3,(H,16,18). The van der Waals surface area contributed by atoms with Crippen molar-refractivity contribution in [1.29, 1.82) is 0 Å². The van der Waals surface area contributed by atoms with Crippen molar-refractivity contribution in [2.24, 2.45) is 11.3 Å². The highest BCUT2D eigenvalue weighted by Crippen LogP contribution is 2.52. The minimum atomic E-state index is -0.114. The molecule has 0 bridgehead atoms.